The second-order valence-electron chi connectivity index (χ2n) is 20.9. The van der Waals surface area contributed by atoms with E-state index in [0.29, 0.717) is 38.5 Å². The maximum absolute atomic E-state index is 14.6. The molecule has 19 nitrogen and oxygen atoms in total. The van der Waals surface area contributed by atoms with Crippen molar-refractivity contribution in [2.24, 2.45) is 46.3 Å². The van der Waals surface area contributed by atoms with Crippen LogP contribution in [0.1, 0.15) is 86.0 Å². The Morgan fingerprint density at radius 1 is 0.781 bits per heavy atom. The van der Waals surface area contributed by atoms with E-state index in [-0.39, 0.29) is 65.5 Å². The summed E-state index contributed by atoms with van der Waals surface area (Å²) in [5, 5.41) is 115. The van der Waals surface area contributed by atoms with Crippen LogP contribution >= 0.6 is 0 Å². The number of aliphatic hydroxyl groups is 11. The first-order valence-corrected chi connectivity index (χ1v) is 23.4. The summed E-state index contributed by atoms with van der Waals surface area (Å²) in [7, 11) is 0. The highest BCUT2D eigenvalue weighted by atomic mass is 16.7. The Labute approximate surface area is 373 Å². The molecule has 4 heterocycles. The number of hydrogen-bond donors (Lipinski definition) is 11. The van der Waals surface area contributed by atoms with Crippen LogP contribution in [0.3, 0.4) is 0 Å². The molecule has 0 radical (unpaired) electrons. The minimum Gasteiger partial charge on any atom is -0.394 e. The van der Waals surface area contributed by atoms with Crippen LogP contribution in [0.5, 0.6) is 0 Å². The van der Waals surface area contributed by atoms with E-state index in [1.54, 1.807) is 6.92 Å². The first kappa shape index (κ1) is 49.1. The summed E-state index contributed by atoms with van der Waals surface area (Å²) in [5.74, 6) is -1.44. The van der Waals surface area contributed by atoms with Gasteiger partial charge in [0.05, 0.1) is 38.1 Å². The van der Waals surface area contributed by atoms with Crippen LogP contribution in [0.15, 0.2) is 11.6 Å². The van der Waals surface area contributed by atoms with E-state index in [2.05, 4.69) is 19.9 Å². The van der Waals surface area contributed by atoms with Gasteiger partial charge in [0.1, 0.15) is 72.9 Å². The van der Waals surface area contributed by atoms with Crippen molar-refractivity contribution < 1.29 is 94.1 Å². The summed E-state index contributed by atoms with van der Waals surface area (Å²) >= 11 is 0. The van der Waals surface area contributed by atoms with Crippen molar-refractivity contribution in [2.75, 3.05) is 19.8 Å². The second kappa shape index (κ2) is 18.5. The fourth-order valence-corrected chi connectivity index (χ4v) is 13.2. The molecule has 0 aromatic carbocycles. The third kappa shape index (κ3) is 8.27. The van der Waals surface area contributed by atoms with Crippen LogP contribution in [0.2, 0.25) is 0 Å². The second-order valence-corrected chi connectivity index (χ2v) is 20.9. The molecule has 4 aliphatic carbocycles. The number of fused-ring (bicyclic) bond motifs is 7. The molecular formula is C45H72O19. The Kier molecular flexibility index (Phi) is 14.2. The van der Waals surface area contributed by atoms with E-state index < -0.39 is 117 Å². The molecule has 0 unspecified atom stereocenters. The Balaban J connectivity index is 0.861. The quantitative estimate of drug-likeness (QED) is 0.0978. The zero-order valence-corrected chi connectivity index (χ0v) is 37.3. The maximum Gasteiger partial charge on any atom is 0.187 e. The summed E-state index contributed by atoms with van der Waals surface area (Å²) in [6, 6.07) is 0. The summed E-state index contributed by atoms with van der Waals surface area (Å²) in [6.07, 6.45) is -14.6. The molecule has 0 bridgehead atoms. The van der Waals surface area contributed by atoms with Crippen LogP contribution in [-0.4, -0.2) is 192 Å². The average Bonchev–Trinajstić information content (AvgIpc) is 3.71. The van der Waals surface area contributed by atoms with Gasteiger partial charge in [0, 0.05) is 30.1 Å². The zero-order chi connectivity index (χ0) is 46.4. The molecule has 26 atom stereocenters. The van der Waals surface area contributed by atoms with Gasteiger partial charge in [0.15, 0.2) is 24.7 Å². The Bertz CT molecular complexity index is 1680. The van der Waals surface area contributed by atoms with E-state index >= 15 is 0 Å². The number of carbonyl (C=O) groups is 1. The van der Waals surface area contributed by atoms with Gasteiger partial charge in [-0.25, -0.2) is 0 Å². The van der Waals surface area contributed by atoms with E-state index in [1.165, 1.54) is 5.57 Å². The highest BCUT2D eigenvalue weighted by Gasteiger charge is 2.70. The van der Waals surface area contributed by atoms with Crippen molar-refractivity contribution >= 4 is 5.78 Å². The third-order valence-electron chi connectivity index (χ3n) is 17.2. The van der Waals surface area contributed by atoms with Crippen molar-refractivity contribution in [1.29, 1.82) is 0 Å². The Hall–Kier alpha value is -1.31. The lowest BCUT2D eigenvalue weighted by Crippen LogP contribution is -2.64. The highest BCUT2D eigenvalue weighted by molar-refractivity contribution is 5.87. The molecule has 0 amide bonds. The topological polar surface area (TPSA) is 304 Å². The van der Waals surface area contributed by atoms with Crippen LogP contribution in [-0.2, 0) is 38.0 Å². The molecule has 8 aliphatic rings. The molecule has 366 valence electrons. The predicted molar refractivity (Wildman–Crippen MR) is 218 cm³/mol. The summed E-state index contributed by atoms with van der Waals surface area (Å²) in [4.78, 5) is 14.6. The molecule has 0 aromatic heterocycles. The maximum atomic E-state index is 14.6. The van der Waals surface area contributed by atoms with Crippen LogP contribution in [0.25, 0.3) is 0 Å². The van der Waals surface area contributed by atoms with Crippen molar-refractivity contribution in [3.05, 3.63) is 11.6 Å². The van der Waals surface area contributed by atoms with Gasteiger partial charge in [-0.05, 0) is 74.5 Å². The van der Waals surface area contributed by atoms with Gasteiger partial charge < -0.3 is 89.3 Å². The molecule has 3 saturated carbocycles. The number of hydrogen-bond acceptors (Lipinski definition) is 19. The molecule has 8 rings (SSSR count). The lowest BCUT2D eigenvalue weighted by Gasteiger charge is -2.57. The number of carbonyl (C=O) groups excluding carboxylic acids is 1. The summed E-state index contributed by atoms with van der Waals surface area (Å²) < 4.78 is 41.4. The minimum atomic E-state index is -1.70. The number of aliphatic hydroxyl groups excluding tert-OH is 10. The van der Waals surface area contributed by atoms with Gasteiger partial charge in [-0.1, -0.05) is 39.3 Å². The van der Waals surface area contributed by atoms with Crippen LogP contribution in [0.4, 0.5) is 0 Å². The fraction of sp³-hybridized carbons (Fsp3) is 0.933. The van der Waals surface area contributed by atoms with Crippen LogP contribution in [0, 0.1) is 46.3 Å². The monoisotopic (exact) mass is 916 g/mol. The van der Waals surface area contributed by atoms with Crippen molar-refractivity contribution in [1.82, 2.24) is 0 Å². The van der Waals surface area contributed by atoms with Gasteiger partial charge in [0.2, 0.25) is 0 Å². The Morgan fingerprint density at radius 2 is 1.39 bits per heavy atom. The van der Waals surface area contributed by atoms with Gasteiger partial charge >= 0.3 is 0 Å². The van der Waals surface area contributed by atoms with E-state index in [9.17, 15) is 61.0 Å². The van der Waals surface area contributed by atoms with Gasteiger partial charge in [0.25, 0.3) is 0 Å². The Morgan fingerprint density at radius 3 is 2.05 bits per heavy atom. The number of ether oxygens (including phenoxy) is 7. The molecule has 4 aliphatic heterocycles. The number of ketones is 1. The zero-order valence-electron chi connectivity index (χ0n) is 37.3. The van der Waals surface area contributed by atoms with Gasteiger partial charge in [-0.3, -0.25) is 4.79 Å². The number of rotatable bonds is 12. The molecule has 7 fully saturated rings. The van der Waals surface area contributed by atoms with E-state index in [0.717, 1.165) is 12.8 Å². The SMILES string of the molecule is C[C@H](CC[C@@]1(O)O[C@@H]2C[C@H]3[C@H]4CC=C5C[C@@H](O[C@@H]6O[C@H](C)[C@H](O[C@@H]7O[C@H](CO)[C@@H](O)[C@H](O)[C@H]7O)[C@H](O)[C@H]6O)CC[C@]5(C)[C@@H]4CC(=O)[C@]3(C)[C@@H]2[C@@H]1C)CO[C@@H]1O[C@H](CO)[C@@H](O)[C@H](O)[C@H]1O. The lowest BCUT2D eigenvalue weighted by atomic mass is 9.46. The van der Waals surface area contributed by atoms with Crippen molar-refractivity contribution in [2.45, 2.75) is 196 Å². The van der Waals surface area contributed by atoms with Gasteiger partial charge in [-0.15, -0.1) is 0 Å². The van der Waals surface area contributed by atoms with Crippen molar-refractivity contribution in [3.63, 3.8) is 0 Å². The third-order valence-corrected chi connectivity index (χ3v) is 17.2. The van der Waals surface area contributed by atoms with Crippen molar-refractivity contribution in [3.8, 4) is 0 Å². The van der Waals surface area contributed by atoms with E-state index in [1.807, 2.05) is 13.8 Å². The molecule has 0 aromatic rings. The minimum absolute atomic E-state index is 0.0714. The standard InChI is InChI=1S/C45H72O19/c1-18(17-58-40-36(54)33(51)31(49)27(15-46)61-40)8-11-45(57)19(2)30-26(64-45)13-25-23-7-6-21-12-22(9-10-43(21,4)24(23)14-29(48)44(25,30)5)60-41-38(56)35(53)39(20(3)59-41)63-42-37(55)34(52)32(50)28(16-47)62-42/h6,18-20,22-28,30-42,46-47,49-57H,7-17H2,1-5H3/t18-,19+,20-,22+,23+,24-,25+,26-,27-,28-,30-,31-,32-,33+,34+,35-,36-,37-,38-,39+,40-,41+,42+,43+,44-,45-/m1/s1. The normalized spacial score (nSPS) is 54.4. The summed E-state index contributed by atoms with van der Waals surface area (Å²) in [6.45, 7) is 8.75. The number of Topliss-reactive ketones (excluding diaryl/α,β-unsaturated/α-hetero) is 1. The lowest BCUT2D eigenvalue weighted by molar-refractivity contribution is -0.359. The molecule has 4 saturated heterocycles. The highest BCUT2D eigenvalue weighted by Crippen LogP contribution is 2.69. The molecule has 19 heteroatoms. The molecule has 0 spiro atoms. The van der Waals surface area contributed by atoms with Gasteiger partial charge in [-0.2, -0.15) is 0 Å². The van der Waals surface area contributed by atoms with Crippen LogP contribution < -0.4 is 0 Å². The smallest absolute Gasteiger partial charge is 0.187 e. The largest absolute Gasteiger partial charge is 0.394 e. The molecule has 64 heavy (non-hydrogen) atoms. The predicted octanol–water partition coefficient (Wildman–Crippen LogP) is -1.65. The molecular weight excluding hydrogens is 844 g/mol. The summed E-state index contributed by atoms with van der Waals surface area (Å²) in [5.41, 5.74) is 0.263. The van der Waals surface area contributed by atoms with E-state index in [4.69, 9.17) is 33.2 Å². The number of allylic oxidation sites excluding steroid dienone is 1. The fourth-order valence-electron chi connectivity index (χ4n) is 13.2. The average molecular weight is 917 g/mol. The first-order valence-electron chi connectivity index (χ1n) is 23.4. The first-order chi connectivity index (χ1) is 30.2. The molecule has 11 N–H and O–H groups in total.